The highest BCUT2D eigenvalue weighted by atomic mass is 35.5. The minimum atomic E-state index is -0.371. The van der Waals surface area contributed by atoms with E-state index in [4.69, 9.17) is 39.1 Å². The molecular formula is C19H10Cl2N4O2S. The second kappa shape index (κ2) is 6.84. The molecule has 0 aliphatic heterocycles. The number of anilines is 2. The number of carbonyl (C=O) groups is 1. The third kappa shape index (κ3) is 2.79. The van der Waals surface area contributed by atoms with Gasteiger partial charge in [-0.2, -0.15) is 5.26 Å². The Kier molecular flexibility index (Phi) is 4.47. The van der Waals surface area contributed by atoms with Crippen LogP contribution in [0.25, 0.3) is 21.5 Å². The van der Waals surface area contributed by atoms with Crippen LogP contribution in [0.5, 0.6) is 0 Å². The maximum absolute atomic E-state index is 13.1. The first kappa shape index (κ1) is 18.3. The molecule has 3 heterocycles. The van der Waals surface area contributed by atoms with Gasteiger partial charge in [-0.05, 0) is 30.3 Å². The van der Waals surface area contributed by atoms with E-state index in [0.29, 0.717) is 26.6 Å². The number of hydrogen-bond acceptors (Lipinski definition) is 7. The van der Waals surface area contributed by atoms with Crippen LogP contribution in [0.3, 0.4) is 0 Å². The number of nitrogen functional groups attached to an aromatic ring is 2. The van der Waals surface area contributed by atoms with Gasteiger partial charge in [-0.1, -0.05) is 23.2 Å². The predicted octanol–water partition coefficient (Wildman–Crippen LogP) is 5.13. The second-order valence-corrected chi connectivity index (χ2v) is 7.66. The number of nitrogens with zero attached hydrogens (tertiary/aromatic N) is 2. The molecule has 4 rings (SSSR count). The van der Waals surface area contributed by atoms with Crippen molar-refractivity contribution in [1.29, 1.82) is 5.26 Å². The van der Waals surface area contributed by atoms with Gasteiger partial charge in [0.05, 0.1) is 22.5 Å². The zero-order valence-corrected chi connectivity index (χ0v) is 16.3. The number of nitrogens with two attached hydrogens (primary N) is 2. The lowest BCUT2D eigenvalue weighted by Crippen LogP contribution is -2.03. The molecule has 28 heavy (non-hydrogen) atoms. The Morgan fingerprint density at radius 3 is 2.68 bits per heavy atom. The number of halogens is 2. The Labute approximate surface area is 172 Å². The molecular weight excluding hydrogens is 419 g/mol. The van der Waals surface area contributed by atoms with E-state index in [1.807, 2.05) is 6.07 Å². The largest absolute Gasteiger partial charge is 0.464 e. The quantitative estimate of drug-likeness (QED) is 0.436. The average molecular weight is 429 g/mol. The van der Waals surface area contributed by atoms with Crippen LogP contribution in [0, 0.1) is 11.3 Å². The number of ketones is 1. The van der Waals surface area contributed by atoms with Gasteiger partial charge < -0.3 is 15.9 Å². The lowest BCUT2D eigenvalue weighted by atomic mass is 10.0. The fourth-order valence-corrected chi connectivity index (χ4v) is 4.48. The second-order valence-electron chi connectivity index (χ2n) is 5.81. The Balaban J connectivity index is 2.01. The summed E-state index contributed by atoms with van der Waals surface area (Å²) in [5.41, 5.74) is 13.3. The Morgan fingerprint density at radius 2 is 2.04 bits per heavy atom. The summed E-state index contributed by atoms with van der Waals surface area (Å²) >= 11 is 13.2. The first-order valence-electron chi connectivity index (χ1n) is 7.87. The van der Waals surface area contributed by atoms with Crippen LogP contribution in [0.15, 0.2) is 41.0 Å². The van der Waals surface area contributed by atoms with E-state index in [-0.39, 0.29) is 38.3 Å². The topological polar surface area (TPSA) is 119 Å². The van der Waals surface area contributed by atoms with Crippen molar-refractivity contribution >= 4 is 62.0 Å². The molecule has 0 aliphatic rings. The summed E-state index contributed by atoms with van der Waals surface area (Å²) in [7, 11) is 0. The Hall–Kier alpha value is -3.05. The van der Waals surface area contributed by atoms with E-state index in [0.717, 1.165) is 11.3 Å². The fraction of sp³-hybridized carbons (Fsp3) is 0. The summed E-state index contributed by atoms with van der Waals surface area (Å²) in [6.45, 7) is 0. The summed E-state index contributed by atoms with van der Waals surface area (Å²) < 4.78 is 5.46. The van der Waals surface area contributed by atoms with Crippen molar-refractivity contribution in [1.82, 2.24) is 4.98 Å². The van der Waals surface area contributed by atoms with Crippen LogP contribution in [-0.2, 0) is 0 Å². The van der Waals surface area contributed by atoms with Crippen molar-refractivity contribution in [2.45, 2.75) is 0 Å². The molecule has 0 radical (unpaired) electrons. The highest BCUT2D eigenvalue weighted by Gasteiger charge is 2.26. The third-order valence-electron chi connectivity index (χ3n) is 4.17. The van der Waals surface area contributed by atoms with Gasteiger partial charge in [-0.3, -0.25) is 4.79 Å². The highest BCUT2D eigenvalue weighted by molar-refractivity contribution is 7.21. The van der Waals surface area contributed by atoms with Crippen molar-refractivity contribution in [2.75, 3.05) is 11.5 Å². The van der Waals surface area contributed by atoms with Crippen molar-refractivity contribution in [3.8, 4) is 17.4 Å². The van der Waals surface area contributed by atoms with Crippen molar-refractivity contribution in [3.05, 3.63) is 62.6 Å². The number of nitriles is 1. The first-order chi connectivity index (χ1) is 13.4. The smallest absolute Gasteiger partial charge is 0.206 e. The van der Waals surface area contributed by atoms with E-state index in [2.05, 4.69) is 4.98 Å². The fourth-order valence-electron chi connectivity index (χ4n) is 2.92. The van der Waals surface area contributed by atoms with Crippen LogP contribution < -0.4 is 11.5 Å². The summed E-state index contributed by atoms with van der Waals surface area (Å²) in [5.74, 6) is 0.0690. The molecule has 9 heteroatoms. The molecule has 6 nitrogen and oxygen atoms in total. The molecule has 0 fully saturated rings. The zero-order chi connectivity index (χ0) is 20.0. The highest BCUT2D eigenvalue weighted by Crippen LogP contribution is 2.43. The zero-order valence-electron chi connectivity index (χ0n) is 14.0. The number of benzene rings is 1. The van der Waals surface area contributed by atoms with Gasteiger partial charge in [0.25, 0.3) is 0 Å². The molecule has 0 bridgehead atoms. The van der Waals surface area contributed by atoms with Crippen LogP contribution >= 0.6 is 34.5 Å². The van der Waals surface area contributed by atoms with Gasteiger partial charge in [0, 0.05) is 16.0 Å². The van der Waals surface area contributed by atoms with Crippen LogP contribution in [0.2, 0.25) is 10.0 Å². The van der Waals surface area contributed by atoms with E-state index in [9.17, 15) is 10.1 Å². The molecule has 4 N–H and O–H groups in total. The van der Waals surface area contributed by atoms with Gasteiger partial charge in [-0.25, -0.2) is 4.98 Å². The summed E-state index contributed by atoms with van der Waals surface area (Å²) in [6.07, 6.45) is 1.47. The summed E-state index contributed by atoms with van der Waals surface area (Å²) in [6, 6.07) is 9.99. The average Bonchev–Trinajstić information content (AvgIpc) is 3.29. The molecule has 0 atom stereocenters. The van der Waals surface area contributed by atoms with Crippen molar-refractivity contribution in [3.63, 3.8) is 0 Å². The predicted molar refractivity (Wildman–Crippen MR) is 111 cm³/mol. The maximum atomic E-state index is 13.1. The summed E-state index contributed by atoms with van der Waals surface area (Å²) in [4.78, 5) is 18.0. The molecule has 0 unspecified atom stereocenters. The number of rotatable bonds is 3. The van der Waals surface area contributed by atoms with Gasteiger partial charge in [0.2, 0.25) is 5.78 Å². The number of furan rings is 1. The summed E-state index contributed by atoms with van der Waals surface area (Å²) in [5, 5.41) is 10.6. The lowest BCUT2D eigenvalue weighted by Gasteiger charge is -2.07. The maximum Gasteiger partial charge on any atom is 0.206 e. The number of fused-ring (bicyclic) bond motifs is 1. The van der Waals surface area contributed by atoms with Gasteiger partial charge in [-0.15, -0.1) is 11.3 Å². The van der Waals surface area contributed by atoms with Crippen LogP contribution in [0.1, 0.15) is 20.8 Å². The van der Waals surface area contributed by atoms with Crippen LogP contribution in [0.4, 0.5) is 11.5 Å². The molecule has 0 amide bonds. The lowest BCUT2D eigenvalue weighted by molar-refractivity contribution is 0.104. The third-order valence-corrected chi connectivity index (χ3v) is 5.81. The molecule has 0 aliphatic carbocycles. The van der Waals surface area contributed by atoms with E-state index in [1.54, 1.807) is 18.2 Å². The molecule has 0 saturated heterocycles. The number of pyridine rings is 1. The Morgan fingerprint density at radius 1 is 1.25 bits per heavy atom. The Bertz CT molecular complexity index is 1290. The number of carbonyl (C=O) groups excluding carboxylic acids is 1. The van der Waals surface area contributed by atoms with E-state index >= 15 is 0 Å². The van der Waals surface area contributed by atoms with E-state index < -0.39 is 0 Å². The molecule has 3 aromatic heterocycles. The molecule has 4 aromatic rings. The molecule has 0 saturated carbocycles. The monoisotopic (exact) mass is 428 g/mol. The molecule has 138 valence electrons. The van der Waals surface area contributed by atoms with Gasteiger partial charge >= 0.3 is 0 Å². The van der Waals surface area contributed by atoms with Crippen molar-refractivity contribution < 1.29 is 9.21 Å². The molecule has 1 aromatic carbocycles. The normalized spacial score (nSPS) is 10.9. The van der Waals surface area contributed by atoms with E-state index in [1.165, 1.54) is 18.4 Å². The van der Waals surface area contributed by atoms with Gasteiger partial charge in [0.15, 0.2) is 0 Å². The minimum absolute atomic E-state index is 0.0335. The first-order valence-corrected chi connectivity index (χ1v) is 9.44. The van der Waals surface area contributed by atoms with Crippen molar-refractivity contribution in [2.24, 2.45) is 0 Å². The standard InChI is InChI=1S/C19H10Cl2N4O2S/c20-8-3-4-9(11(21)6-8)16(26)17-15(23)14-13(12-2-1-5-27-12)10(7-22)18(24)25-19(14)28-17/h1-6H,23H2,(H2,24,25). The SMILES string of the molecule is N#Cc1c(N)nc2sc(C(=O)c3ccc(Cl)cc3Cl)c(N)c2c1-c1ccco1. The van der Waals surface area contributed by atoms with Crippen LogP contribution in [-0.4, -0.2) is 10.8 Å². The number of thiophene rings is 1. The number of aromatic nitrogens is 1. The minimum Gasteiger partial charge on any atom is -0.464 e. The van der Waals surface area contributed by atoms with Gasteiger partial charge in [0.1, 0.15) is 32.9 Å². The molecule has 0 spiro atoms. The number of hydrogen-bond donors (Lipinski definition) is 2.